The van der Waals surface area contributed by atoms with Gasteiger partial charge in [0.05, 0.1) is 6.42 Å². The number of nitrogens with zero attached hydrogens (tertiary/aromatic N) is 1. The minimum atomic E-state index is -1.18. The molecule has 2 amide bonds. The molecule has 2 aliphatic rings. The molecule has 25 heavy (non-hydrogen) atoms. The van der Waals surface area contributed by atoms with Crippen LogP contribution in [0.1, 0.15) is 4.88 Å². The number of β-lactam (4-membered cyclic amide) rings is 1. The first-order valence-electron chi connectivity index (χ1n) is 7.38. The first kappa shape index (κ1) is 17.3. The summed E-state index contributed by atoms with van der Waals surface area (Å²) in [5.41, 5.74) is 0.424. The van der Waals surface area contributed by atoms with E-state index in [2.05, 4.69) is 11.2 Å². The van der Waals surface area contributed by atoms with E-state index in [0.717, 1.165) is 4.88 Å². The van der Waals surface area contributed by atoms with E-state index in [9.17, 15) is 19.5 Å². The predicted octanol–water partition coefficient (Wildman–Crippen LogP) is 1.22. The summed E-state index contributed by atoms with van der Waals surface area (Å²) < 4.78 is 0. The number of carboxylic acid groups (broad SMARTS) is 1. The topological polar surface area (TPSA) is 86.7 Å². The second-order valence-electron chi connectivity index (χ2n) is 5.39. The van der Waals surface area contributed by atoms with Crippen LogP contribution in [0.25, 0.3) is 0 Å². The van der Waals surface area contributed by atoms with Crippen molar-refractivity contribution in [3.8, 4) is 12.3 Å². The number of carboxylic acids is 1. The molecule has 3 rings (SSSR count). The third-order valence-corrected chi connectivity index (χ3v) is 5.99. The maximum Gasteiger partial charge on any atom is 0.352 e. The molecule has 0 radical (unpaired) electrons. The number of rotatable bonds is 5. The summed E-state index contributed by atoms with van der Waals surface area (Å²) in [4.78, 5) is 38.2. The maximum absolute atomic E-state index is 12.4. The van der Waals surface area contributed by atoms with Gasteiger partial charge in [-0.1, -0.05) is 12.0 Å². The Morgan fingerprint density at radius 1 is 1.52 bits per heavy atom. The Kier molecular flexibility index (Phi) is 4.97. The first-order chi connectivity index (χ1) is 12.0. The summed E-state index contributed by atoms with van der Waals surface area (Å²) in [5.74, 6) is 0.870. The number of terminal acetylenes is 1. The summed E-state index contributed by atoms with van der Waals surface area (Å²) in [5, 5.41) is 13.6. The highest BCUT2D eigenvalue weighted by Gasteiger charge is 2.53. The largest absolute Gasteiger partial charge is 0.477 e. The lowest BCUT2D eigenvalue weighted by Crippen LogP contribution is -2.70. The Morgan fingerprint density at radius 3 is 2.96 bits per heavy atom. The summed E-state index contributed by atoms with van der Waals surface area (Å²) in [7, 11) is 0. The third-order valence-electron chi connectivity index (χ3n) is 3.81. The van der Waals surface area contributed by atoms with Crippen molar-refractivity contribution in [1.29, 1.82) is 0 Å². The van der Waals surface area contributed by atoms with Gasteiger partial charge in [0.15, 0.2) is 0 Å². The molecule has 0 spiro atoms. The maximum atomic E-state index is 12.4. The zero-order chi connectivity index (χ0) is 18.0. The number of fused-ring (bicyclic) bond motifs is 1. The lowest BCUT2D eigenvalue weighted by molar-refractivity contribution is -0.150. The van der Waals surface area contributed by atoms with Crippen LogP contribution in [0, 0.1) is 12.3 Å². The fourth-order valence-electron chi connectivity index (χ4n) is 2.72. The van der Waals surface area contributed by atoms with Crippen LogP contribution in [0.4, 0.5) is 0 Å². The number of aliphatic carboxylic acids is 1. The van der Waals surface area contributed by atoms with E-state index < -0.39 is 23.3 Å². The van der Waals surface area contributed by atoms with Crippen molar-refractivity contribution >= 4 is 40.9 Å². The second kappa shape index (κ2) is 7.17. The number of hydrogen-bond donors (Lipinski definition) is 2. The number of carbonyl (C=O) groups is 3. The second-order valence-corrected chi connectivity index (χ2v) is 7.53. The van der Waals surface area contributed by atoms with Gasteiger partial charge < -0.3 is 10.4 Å². The van der Waals surface area contributed by atoms with Crippen molar-refractivity contribution < 1.29 is 19.5 Å². The Balaban J connectivity index is 1.73. The van der Waals surface area contributed by atoms with E-state index in [4.69, 9.17) is 6.42 Å². The third kappa shape index (κ3) is 3.34. The van der Waals surface area contributed by atoms with Gasteiger partial charge in [-0.3, -0.25) is 14.5 Å². The SMILES string of the molecule is C#C/C=C/C1=C(C(=O)O)N2C(=O)[C@@H](NC(=O)Cc3cccs3)[C@H]2SC1. The van der Waals surface area contributed by atoms with Crippen molar-refractivity contribution in [1.82, 2.24) is 10.2 Å². The zero-order valence-corrected chi connectivity index (χ0v) is 14.6. The van der Waals surface area contributed by atoms with Crippen LogP contribution in [0.2, 0.25) is 0 Å². The fraction of sp³-hybridized carbons (Fsp3) is 0.235. The summed E-state index contributed by atoms with van der Waals surface area (Å²) >= 11 is 2.88. The lowest BCUT2D eigenvalue weighted by Gasteiger charge is -2.49. The van der Waals surface area contributed by atoms with Gasteiger partial charge in [0.1, 0.15) is 17.1 Å². The first-order valence-corrected chi connectivity index (χ1v) is 9.31. The van der Waals surface area contributed by atoms with Crippen LogP contribution in [0.5, 0.6) is 0 Å². The van der Waals surface area contributed by atoms with E-state index in [1.807, 2.05) is 17.5 Å². The van der Waals surface area contributed by atoms with E-state index in [-0.39, 0.29) is 18.0 Å². The van der Waals surface area contributed by atoms with Crippen molar-refractivity contribution in [3.63, 3.8) is 0 Å². The monoisotopic (exact) mass is 374 g/mol. The van der Waals surface area contributed by atoms with E-state index in [1.165, 1.54) is 40.2 Å². The van der Waals surface area contributed by atoms with Gasteiger partial charge in [-0.15, -0.1) is 29.5 Å². The molecular weight excluding hydrogens is 360 g/mol. The van der Waals surface area contributed by atoms with Gasteiger partial charge in [0.2, 0.25) is 5.91 Å². The molecule has 0 unspecified atom stereocenters. The number of nitrogens with one attached hydrogen (secondary N) is 1. The van der Waals surface area contributed by atoms with Crippen LogP contribution in [-0.2, 0) is 20.8 Å². The molecule has 1 aromatic heterocycles. The minimum absolute atomic E-state index is 0.0657. The van der Waals surface area contributed by atoms with E-state index in [1.54, 1.807) is 0 Å². The van der Waals surface area contributed by atoms with E-state index in [0.29, 0.717) is 11.3 Å². The highest BCUT2D eigenvalue weighted by Crippen LogP contribution is 2.40. The summed E-state index contributed by atoms with van der Waals surface area (Å²) in [6.45, 7) is 0. The molecule has 6 nitrogen and oxygen atoms in total. The number of hydrogen-bond acceptors (Lipinski definition) is 5. The Hall–Kier alpha value is -2.50. The molecule has 0 aromatic carbocycles. The van der Waals surface area contributed by atoms with Gasteiger partial charge in [-0.25, -0.2) is 4.79 Å². The van der Waals surface area contributed by atoms with Crippen LogP contribution < -0.4 is 5.32 Å². The molecule has 1 saturated heterocycles. The van der Waals surface area contributed by atoms with E-state index >= 15 is 0 Å². The molecule has 8 heteroatoms. The van der Waals surface area contributed by atoms with Gasteiger partial charge in [-0.05, 0) is 29.2 Å². The quantitative estimate of drug-likeness (QED) is 0.598. The number of amides is 2. The molecule has 3 heterocycles. The highest BCUT2D eigenvalue weighted by atomic mass is 32.2. The molecule has 1 aromatic rings. The number of thioether (sulfide) groups is 1. The van der Waals surface area contributed by atoms with Crippen molar-refractivity contribution in [3.05, 3.63) is 45.8 Å². The molecule has 0 saturated carbocycles. The van der Waals surface area contributed by atoms with Crippen molar-refractivity contribution in [2.75, 3.05) is 5.75 Å². The van der Waals surface area contributed by atoms with Crippen molar-refractivity contribution in [2.24, 2.45) is 0 Å². The normalized spacial score (nSPS) is 22.4. The van der Waals surface area contributed by atoms with Crippen LogP contribution >= 0.6 is 23.1 Å². The number of carbonyl (C=O) groups excluding carboxylic acids is 2. The molecule has 2 aliphatic heterocycles. The fourth-order valence-corrected chi connectivity index (χ4v) is 4.74. The number of thiophene rings is 1. The Morgan fingerprint density at radius 2 is 2.32 bits per heavy atom. The molecule has 2 N–H and O–H groups in total. The Labute approximate surface area is 152 Å². The lowest BCUT2D eigenvalue weighted by atomic mass is 10.0. The standard InChI is InChI=1S/C17H14N2O4S2/c1-2-3-5-10-9-25-16-13(15(21)19(16)14(10)17(22)23)18-12(20)8-11-6-4-7-24-11/h1,3-7,13,16H,8-9H2,(H,18,20)(H,22,23)/b5-3+/t13-,16-/m1/s1. The summed E-state index contributed by atoms with van der Waals surface area (Å²) in [6, 6.07) is 3.00. The van der Waals surface area contributed by atoms with Gasteiger partial charge >= 0.3 is 5.97 Å². The average molecular weight is 374 g/mol. The van der Waals surface area contributed by atoms with Crippen molar-refractivity contribution in [2.45, 2.75) is 17.8 Å². The molecule has 128 valence electrons. The van der Waals surface area contributed by atoms with Crippen LogP contribution in [0.3, 0.4) is 0 Å². The molecular formula is C17H14N2O4S2. The molecule has 0 aliphatic carbocycles. The predicted molar refractivity (Wildman–Crippen MR) is 95.7 cm³/mol. The van der Waals surface area contributed by atoms with Gasteiger partial charge in [0.25, 0.3) is 5.91 Å². The number of allylic oxidation sites excluding steroid dienone is 2. The highest BCUT2D eigenvalue weighted by molar-refractivity contribution is 8.00. The zero-order valence-electron chi connectivity index (χ0n) is 13.0. The minimum Gasteiger partial charge on any atom is -0.477 e. The van der Waals surface area contributed by atoms with Crippen LogP contribution in [-0.4, -0.2) is 45.0 Å². The van der Waals surface area contributed by atoms with Crippen LogP contribution in [0.15, 0.2) is 40.9 Å². The Bertz CT molecular complexity index is 820. The molecule has 2 atom stereocenters. The summed E-state index contributed by atoms with van der Waals surface area (Å²) in [6.07, 6.45) is 8.30. The molecule has 1 fully saturated rings. The van der Waals surface area contributed by atoms with Gasteiger partial charge in [0, 0.05) is 10.6 Å². The smallest absolute Gasteiger partial charge is 0.352 e. The average Bonchev–Trinajstić information content (AvgIpc) is 3.09. The molecule has 0 bridgehead atoms. The van der Waals surface area contributed by atoms with Gasteiger partial charge in [-0.2, -0.15) is 0 Å².